The average molecular weight is 451 g/mol. The molecule has 0 spiro atoms. The zero-order valence-corrected chi connectivity index (χ0v) is 19.5. The third-order valence-electron chi connectivity index (χ3n) is 5.43. The van der Waals surface area contributed by atoms with Crippen LogP contribution >= 0.6 is 11.6 Å². The Morgan fingerprint density at radius 1 is 1.19 bits per heavy atom. The van der Waals surface area contributed by atoms with Crippen molar-refractivity contribution in [2.45, 2.75) is 33.1 Å². The minimum absolute atomic E-state index is 0.187. The summed E-state index contributed by atoms with van der Waals surface area (Å²) in [5.41, 5.74) is 5.10. The van der Waals surface area contributed by atoms with Gasteiger partial charge in [-0.05, 0) is 60.2 Å². The molecule has 32 heavy (non-hydrogen) atoms. The Morgan fingerprint density at radius 2 is 1.94 bits per heavy atom. The number of likely N-dealkylation sites (N-methyl/N-ethyl adjacent to an activating group) is 1. The summed E-state index contributed by atoms with van der Waals surface area (Å²) < 4.78 is 14.9. The van der Waals surface area contributed by atoms with E-state index in [2.05, 4.69) is 18.8 Å². The highest BCUT2D eigenvalue weighted by atomic mass is 35.5. The van der Waals surface area contributed by atoms with Crippen molar-refractivity contribution in [2.24, 2.45) is 0 Å². The number of nitrogens with zero attached hydrogens (tertiary/aromatic N) is 1. The third-order valence-corrected chi connectivity index (χ3v) is 5.84. The van der Waals surface area contributed by atoms with E-state index in [1.165, 1.54) is 0 Å². The molecule has 1 aliphatic rings. The largest absolute Gasteiger partial charge is 0.355 e. The molecule has 0 bridgehead atoms. The fourth-order valence-electron chi connectivity index (χ4n) is 3.69. The normalized spacial score (nSPS) is 14.2. The van der Waals surface area contributed by atoms with Gasteiger partial charge in [0.1, 0.15) is 11.0 Å². The van der Waals surface area contributed by atoms with Crippen molar-refractivity contribution >= 4 is 23.1 Å². The Bertz CT molecular complexity index is 1130. The Hall–Kier alpha value is -3.11. The Labute approximate surface area is 194 Å². The van der Waals surface area contributed by atoms with Crippen LogP contribution in [0.15, 0.2) is 83.8 Å². The van der Waals surface area contributed by atoms with Gasteiger partial charge in [-0.15, -0.1) is 0 Å². The highest BCUT2D eigenvalue weighted by Gasteiger charge is 2.21. The summed E-state index contributed by atoms with van der Waals surface area (Å²) in [6.07, 6.45) is 7.80. The minimum Gasteiger partial charge on any atom is -0.355 e. The number of rotatable bonds is 7. The van der Waals surface area contributed by atoms with Crippen molar-refractivity contribution in [3.63, 3.8) is 0 Å². The molecule has 2 aromatic rings. The van der Waals surface area contributed by atoms with E-state index < -0.39 is 0 Å². The van der Waals surface area contributed by atoms with Crippen LogP contribution in [0.25, 0.3) is 16.7 Å². The lowest BCUT2D eigenvalue weighted by molar-refractivity contribution is -0.116. The molecule has 0 aromatic heterocycles. The fraction of sp³-hybridized carbons (Fsp3) is 0.222. The number of benzene rings is 2. The van der Waals surface area contributed by atoms with Crippen LogP contribution in [0.4, 0.5) is 4.39 Å². The van der Waals surface area contributed by atoms with Crippen LogP contribution in [0, 0.1) is 12.7 Å². The van der Waals surface area contributed by atoms with E-state index in [-0.39, 0.29) is 11.7 Å². The van der Waals surface area contributed by atoms with E-state index in [9.17, 15) is 9.18 Å². The topological polar surface area (TPSA) is 32.3 Å². The number of carbonyl (C=O) groups excluding carboxylic acids is 1. The molecule has 1 heterocycles. The number of amides is 1. The molecule has 0 aliphatic carbocycles. The Morgan fingerprint density at radius 3 is 2.59 bits per heavy atom. The summed E-state index contributed by atoms with van der Waals surface area (Å²) in [5, 5.41) is 3.10. The van der Waals surface area contributed by atoms with Gasteiger partial charge in [0, 0.05) is 30.1 Å². The summed E-state index contributed by atoms with van der Waals surface area (Å²) in [4.78, 5) is 13.7. The van der Waals surface area contributed by atoms with Gasteiger partial charge >= 0.3 is 0 Å². The van der Waals surface area contributed by atoms with Gasteiger partial charge in [-0.25, -0.2) is 4.39 Å². The lowest BCUT2D eigenvalue weighted by atomic mass is 9.91. The molecule has 1 N–H and O–H groups in total. The second-order valence-electron chi connectivity index (χ2n) is 7.76. The molecule has 3 nitrogen and oxygen atoms in total. The van der Waals surface area contributed by atoms with Gasteiger partial charge in [-0.1, -0.05) is 67.9 Å². The summed E-state index contributed by atoms with van der Waals surface area (Å²) >= 11 is 6.95. The van der Waals surface area contributed by atoms with Crippen LogP contribution in [0.2, 0.25) is 0 Å². The summed E-state index contributed by atoms with van der Waals surface area (Å²) in [7, 11) is 1.59. The predicted octanol–water partition coefficient (Wildman–Crippen LogP) is 6.91. The summed E-state index contributed by atoms with van der Waals surface area (Å²) in [5.74, 6) is -0.447. The lowest BCUT2D eigenvalue weighted by Gasteiger charge is -2.27. The zero-order valence-electron chi connectivity index (χ0n) is 18.7. The van der Waals surface area contributed by atoms with Crippen molar-refractivity contribution in [1.82, 2.24) is 10.2 Å². The SMILES string of the molecule is C=C1C=C(C(=O)NC)C=CN1/C(Cl)=C(\CCCC)c1ccccc1-c1ccc(C)cc1F. The number of aryl methyl sites for hydroxylation is 1. The van der Waals surface area contributed by atoms with Gasteiger partial charge in [-0.3, -0.25) is 4.79 Å². The number of unbranched alkanes of at least 4 members (excludes halogenated alkanes) is 1. The first-order chi connectivity index (χ1) is 15.4. The molecular weight excluding hydrogens is 423 g/mol. The number of carbonyl (C=O) groups is 1. The molecule has 0 atom stereocenters. The molecule has 0 saturated carbocycles. The molecule has 3 rings (SSSR count). The van der Waals surface area contributed by atoms with Crippen molar-refractivity contribution in [1.29, 1.82) is 0 Å². The predicted molar refractivity (Wildman–Crippen MR) is 131 cm³/mol. The molecule has 1 amide bonds. The van der Waals surface area contributed by atoms with Crippen molar-refractivity contribution in [3.05, 3.63) is 101 Å². The lowest BCUT2D eigenvalue weighted by Crippen LogP contribution is -2.23. The van der Waals surface area contributed by atoms with Crippen LogP contribution in [0.5, 0.6) is 0 Å². The first-order valence-electron chi connectivity index (χ1n) is 10.7. The number of halogens is 2. The van der Waals surface area contributed by atoms with Crippen LogP contribution in [0.1, 0.15) is 37.3 Å². The summed E-state index contributed by atoms with van der Waals surface area (Å²) in [6.45, 7) is 8.08. The smallest absolute Gasteiger partial charge is 0.251 e. The van der Waals surface area contributed by atoms with Gasteiger partial charge in [0.15, 0.2) is 0 Å². The standard InChI is InChI=1S/C27H28ClFN2O/c1-5-6-9-24(26(28)31-15-14-20(17-19(31)3)27(32)30-4)22-11-8-7-10-21(22)23-13-12-18(2)16-25(23)29/h7-8,10-17H,3,5-6,9H2,1-2,4H3,(H,30,32)/b26-24+. The highest BCUT2D eigenvalue weighted by molar-refractivity contribution is 6.32. The zero-order chi connectivity index (χ0) is 23.3. The fourth-order valence-corrected chi connectivity index (χ4v) is 4.05. The first kappa shape index (κ1) is 23.6. The van der Waals surface area contributed by atoms with Gasteiger partial charge in [0.25, 0.3) is 5.91 Å². The van der Waals surface area contributed by atoms with Crippen LogP contribution in [0.3, 0.4) is 0 Å². The van der Waals surface area contributed by atoms with Gasteiger partial charge in [-0.2, -0.15) is 0 Å². The maximum Gasteiger partial charge on any atom is 0.251 e. The quantitative estimate of drug-likeness (QED) is 0.464. The van der Waals surface area contributed by atoms with Gasteiger partial charge in [0.05, 0.1) is 0 Å². The molecule has 2 aromatic carbocycles. The van der Waals surface area contributed by atoms with E-state index in [0.717, 1.165) is 41.5 Å². The van der Waals surface area contributed by atoms with Crippen LogP contribution < -0.4 is 5.32 Å². The molecule has 0 saturated heterocycles. The molecule has 5 heteroatoms. The molecular formula is C27H28ClFN2O. The van der Waals surface area contributed by atoms with Crippen molar-refractivity contribution < 1.29 is 9.18 Å². The first-order valence-corrected chi connectivity index (χ1v) is 11.1. The third kappa shape index (κ3) is 5.03. The highest BCUT2D eigenvalue weighted by Crippen LogP contribution is 2.38. The van der Waals surface area contributed by atoms with Crippen LogP contribution in [-0.2, 0) is 4.79 Å². The molecule has 0 radical (unpaired) electrons. The molecule has 166 valence electrons. The molecule has 0 fully saturated rings. The van der Waals surface area contributed by atoms with Crippen LogP contribution in [-0.4, -0.2) is 17.9 Å². The van der Waals surface area contributed by atoms with E-state index in [4.69, 9.17) is 11.6 Å². The number of allylic oxidation sites excluding steroid dienone is 2. The number of hydrogen-bond donors (Lipinski definition) is 1. The van der Waals surface area contributed by atoms with Crippen molar-refractivity contribution in [3.8, 4) is 11.1 Å². The molecule has 1 aliphatic heterocycles. The maximum absolute atomic E-state index is 14.9. The monoisotopic (exact) mass is 450 g/mol. The van der Waals surface area contributed by atoms with E-state index in [1.54, 1.807) is 36.4 Å². The second-order valence-corrected chi connectivity index (χ2v) is 8.12. The molecule has 0 unspecified atom stereocenters. The van der Waals surface area contributed by atoms with E-state index in [1.807, 2.05) is 43.3 Å². The number of nitrogens with one attached hydrogen (secondary N) is 1. The average Bonchev–Trinajstić information content (AvgIpc) is 2.79. The minimum atomic E-state index is -0.260. The van der Waals surface area contributed by atoms with Gasteiger partial charge in [0.2, 0.25) is 0 Å². The second kappa shape index (κ2) is 10.5. The maximum atomic E-state index is 14.9. The van der Waals surface area contributed by atoms with Crippen molar-refractivity contribution in [2.75, 3.05) is 7.05 Å². The summed E-state index contributed by atoms with van der Waals surface area (Å²) in [6, 6.07) is 13.0. The van der Waals surface area contributed by atoms with E-state index in [0.29, 0.717) is 22.0 Å². The Kier molecular flexibility index (Phi) is 7.70. The Balaban J connectivity index is 2.11. The number of hydrogen-bond acceptors (Lipinski definition) is 2. The van der Waals surface area contributed by atoms with E-state index >= 15 is 0 Å². The van der Waals surface area contributed by atoms with Gasteiger partial charge < -0.3 is 10.2 Å².